The Morgan fingerprint density at radius 2 is 1.14 bits per heavy atom. The maximum atomic E-state index is 13.7. The molecule has 19 nitrogen and oxygen atoms in total. The first-order chi connectivity index (χ1) is 33.7. The Hall–Kier alpha value is -3.78. The molecule has 408 valence electrons. The molecule has 1 aromatic rings. The van der Waals surface area contributed by atoms with Crippen molar-refractivity contribution in [1.29, 1.82) is 0 Å². The molecule has 6 fully saturated rings. The lowest BCUT2D eigenvalue weighted by Crippen LogP contribution is -2.78. The molecule has 1 aromatic heterocycles. The van der Waals surface area contributed by atoms with Gasteiger partial charge in [-0.3, -0.25) is 24.2 Å². The summed E-state index contributed by atoms with van der Waals surface area (Å²) in [6.45, 7) is 18.2. The van der Waals surface area contributed by atoms with Crippen LogP contribution in [0.4, 0.5) is 13.2 Å². The van der Waals surface area contributed by atoms with Crippen molar-refractivity contribution in [1.82, 2.24) is 4.98 Å². The number of esters is 2. The van der Waals surface area contributed by atoms with Crippen molar-refractivity contribution < 1.29 is 98.9 Å². The second-order valence-corrected chi connectivity index (χ2v) is 22.7. The largest absolute Gasteiger partial charge is 0.534 e. The molecule has 9 rings (SSSR count). The second kappa shape index (κ2) is 17.9. The summed E-state index contributed by atoms with van der Waals surface area (Å²) in [5.74, 6) is -6.84. The molecule has 3 heterocycles. The molecule has 8 aliphatic rings. The highest BCUT2D eigenvalue weighted by Crippen LogP contribution is 2.79. The number of ether oxygens (including phenoxy) is 6. The number of ketones is 2. The van der Waals surface area contributed by atoms with Crippen molar-refractivity contribution in [3.05, 3.63) is 51.7 Å². The zero-order valence-electron chi connectivity index (χ0n) is 42.5. The molecule has 73 heavy (non-hydrogen) atoms. The summed E-state index contributed by atoms with van der Waals surface area (Å²) in [6, 6.07) is 3.70. The van der Waals surface area contributed by atoms with Gasteiger partial charge in [-0.05, 0) is 98.1 Å². The van der Waals surface area contributed by atoms with Crippen molar-refractivity contribution in [3.63, 3.8) is 0 Å². The summed E-state index contributed by atoms with van der Waals surface area (Å²) >= 11 is 5.55. The number of hydrogen-bond donors (Lipinski definition) is 5. The number of fused-ring (bicyclic) bond motifs is 4. The minimum absolute atomic E-state index is 0.00294. The number of alkyl halides is 3. The molecule has 0 spiro atoms. The monoisotopic (exact) mass is 1080 g/mol. The van der Waals surface area contributed by atoms with Gasteiger partial charge in [0.05, 0.1) is 28.7 Å². The number of aliphatic hydroxyl groups is 5. The van der Waals surface area contributed by atoms with Crippen LogP contribution >= 0.6 is 11.6 Å². The van der Waals surface area contributed by atoms with Crippen molar-refractivity contribution in [3.8, 4) is 0 Å². The van der Waals surface area contributed by atoms with Gasteiger partial charge in [0, 0.05) is 49.5 Å². The standard InChI is InChI=1S/C22H29F3O10S.C21H30O8.C6H6ClN/c1-6-32-16-11(3)8-9-18(33-7-2)17(5)10-13(26)34-21(16,18)19(28)12(4)14(15(27)20(17,19)29)35-36(30,31)22(23,24)25;1-6-27-16-11(3)8-9-18(28-7-2)17(5)10-13(22)29-21(16,18)19(25)12(4)14(23)15(24)20(17,19)26;1-5-2-3-6(7)4-8-5/h11,16,28-29H,6-10H2,1-5H3;11,16,23,25-26H,6-10H2,1-5H3;2-4H,1H3. The number of aromatic nitrogens is 1. The van der Waals surface area contributed by atoms with Crippen LogP contribution in [-0.2, 0) is 61.9 Å². The van der Waals surface area contributed by atoms with E-state index in [2.05, 4.69) is 9.17 Å². The third-order valence-corrected chi connectivity index (χ3v) is 18.8. The molecule has 0 aromatic carbocycles. The van der Waals surface area contributed by atoms with Crippen molar-refractivity contribution in [2.24, 2.45) is 22.7 Å². The fraction of sp³-hybridized carbons (Fsp3) is 0.735. The Bertz CT molecular complexity index is 2630. The highest BCUT2D eigenvalue weighted by molar-refractivity contribution is 7.87. The predicted octanol–water partition coefficient (Wildman–Crippen LogP) is 4.71. The zero-order chi connectivity index (χ0) is 54.9. The van der Waals surface area contributed by atoms with E-state index in [9.17, 15) is 66.3 Å². The lowest BCUT2D eigenvalue weighted by atomic mass is 9.55. The summed E-state index contributed by atoms with van der Waals surface area (Å²) in [5, 5.41) is 60.0. The number of halogens is 4. The van der Waals surface area contributed by atoms with Crippen LogP contribution in [0.15, 0.2) is 41.0 Å². The number of aryl methyl sites for hydroxylation is 1. The van der Waals surface area contributed by atoms with Crippen molar-refractivity contribution in [2.75, 3.05) is 26.4 Å². The molecular formula is C49H65ClF3NO18S. The highest BCUT2D eigenvalue weighted by atomic mass is 35.5. The van der Waals surface area contributed by atoms with Gasteiger partial charge in [0.2, 0.25) is 22.8 Å². The summed E-state index contributed by atoms with van der Waals surface area (Å²) in [6.07, 6.45) is 0.126. The quantitative estimate of drug-likeness (QED) is 0.120. The molecule has 2 saturated heterocycles. The Balaban J connectivity index is 0.000000188. The van der Waals surface area contributed by atoms with E-state index in [-0.39, 0.29) is 50.8 Å². The van der Waals surface area contributed by atoms with Crippen LogP contribution in [-0.4, -0.2) is 151 Å². The molecule has 0 radical (unpaired) electrons. The number of nitrogens with zero attached hydrogens (tertiary/aromatic N) is 1. The summed E-state index contributed by atoms with van der Waals surface area (Å²) in [4.78, 5) is 56.7. The first-order valence-electron chi connectivity index (χ1n) is 24.3. The summed E-state index contributed by atoms with van der Waals surface area (Å²) in [5.41, 5.74) is -27.4. The van der Waals surface area contributed by atoms with Gasteiger partial charge in [0.25, 0.3) is 0 Å². The number of aliphatic hydroxyl groups excluding tert-OH is 1. The first kappa shape index (κ1) is 56.9. The SMILES string of the molecule is CCOC1C(C)CCC2(OCC)C3(C)CC(=O)OC12C1(O)C(C)=C(O)C(=O)C31O.CCOC1C(C)CCC2(OCC)C3(C)CC(=O)OC12C1(O)C(C)=C(OS(=O)(=O)C(F)(F)F)C(=O)C31O.Cc1ccc(Cl)cn1. The Morgan fingerprint density at radius 3 is 1.51 bits per heavy atom. The van der Waals surface area contributed by atoms with Gasteiger partial charge in [0.15, 0.2) is 33.9 Å². The molecule has 4 bridgehead atoms. The number of hydrogen-bond acceptors (Lipinski definition) is 19. The Kier molecular flexibility index (Phi) is 14.0. The molecule has 14 atom stereocenters. The summed E-state index contributed by atoms with van der Waals surface area (Å²) in [7, 11) is -6.35. The van der Waals surface area contributed by atoms with Crippen LogP contribution in [0.25, 0.3) is 0 Å². The molecule has 2 aliphatic heterocycles. The number of pyridine rings is 1. The molecule has 4 saturated carbocycles. The summed E-state index contributed by atoms with van der Waals surface area (Å²) < 4.78 is 104. The highest BCUT2D eigenvalue weighted by Gasteiger charge is 2.99. The van der Waals surface area contributed by atoms with E-state index >= 15 is 0 Å². The Labute approximate surface area is 425 Å². The molecule has 6 aliphatic carbocycles. The van der Waals surface area contributed by atoms with E-state index < -0.39 is 136 Å². The van der Waals surface area contributed by atoms with Gasteiger partial charge < -0.3 is 58.1 Å². The van der Waals surface area contributed by atoms with E-state index in [1.807, 2.05) is 26.0 Å². The first-order valence-corrected chi connectivity index (χ1v) is 26.1. The number of carbonyl (C=O) groups excluding carboxylic acids is 4. The Morgan fingerprint density at radius 1 is 0.712 bits per heavy atom. The van der Waals surface area contributed by atoms with E-state index in [0.29, 0.717) is 24.3 Å². The third kappa shape index (κ3) is 6.40. The van der Waals surface area contributed by atoms with Gasteiger partial charge in [-0.15, -0.1) is 0 Å². The average molecular weight is 1080 g/mol. The van der Waals surface area contributed by atoms with Crippen LogP contribution < -0.4 is 0 Å². The van der Waals surface area contributed by atoms with Gasteiger partial charge in [-0.1, -0.05) is 39.3 Å². The van der Waals surface area contributed by atoms with E-state index in [4.69, 9.17) is 40.0 Å². The van der Waals surface area contributed by atoms with Crippen LogP contribution in [0.5, 0.6) is 0 Å². The molecule has 0 amide bonds. The normalized spacial score (nSPS) is 43.2. The smallest absolute Gasteiger partial charge is 0.504 e. The van der Waals surface area contributed by atoms with E-state index in [1.54, 1.807) is 47.7 Å². The number of carbonyl (C=O) groups is 4. The van der Waals surface area contributed by atoms with Crippen molar-refractivity contribution in [2.45, 2.75) is 177 Å². The van der Waals surface area contributed by atoms with E-state index in [0.717, 1.165) is 12.6 Å². The zero-order valence-corrected chi connectivity index (χ0v) is 44.1. The molecule has 24 heteroatoms. The molecular weight excluding hydrogens is 1020 g/mol. The van der Waals surface area contributed by atoms with Gasteiger partial charge in [0.1, 0.15) is 23.4 Å². The fourth-order valence-electron chi connectivity index (χ4n) is 14.8. The van der Waals surface area contributed by atoms with Crippen LogP contribution in [0.3, 0.4) is 0 Å². The van der Waals surface area contributed by atoms with Crippen LogP contribution in [0, 0.1) is 29.6 Å². The number of Topliss-reactive ketones (excluding diaryl/α,β-unsaturated/α-hetero) is 2. The molecule has 14 unspecified atom stereocenters. The van der Waals surface area contributed by atoms with Crippen LogP contribution in [0.1, 0.15) is 113 Å². The lowest BCUT2D eigenvalue weighted by molar-refractivity contribution is -0.325. The van der Waals surface area contributed by atoms with Crippen LogP contribution in [0.2, 0.25) is 5.02 Å². The lowest BCUT2D eigenvalue weighted by Gasteiger charge is -2.62. The maximum absolute atomic E-state index is 13.7. The fourth-order valence-corrected chi connectivity index (χ4v) is 15.4. The number of rotatable bonds is 10. The minimum atomic E-state index is -6.35. The second-order valence-electron chi connectivity index (χ2n) is 20.8. The van der Waals surface area contributed by atoms with E-state index in [1.165, 1.54) is 13.8 Å². The van der Waals surface area contributed by atoms with Gasteiger partial charge >= 0.3 is 27.6 Å². The third-order valence-electron chi connectivity index (χ3n) is 17.7. The maximum Gasteiger partial charge on any atom is 0.534 e. The minimum Gasteiger partial charge on any atom is -0.504 e. The molecule has 5 N–H and O–H groups in total. The topological polar surface area (TPSA) is 281 Å². The average Bonchev–Trinajstić information content (AvgIpc) is 3.59. The van der Waals surface area contributed by atoms with Crippen molar-refractivity contribution >= 4 is 45.2 Å². The predicted molar refractivity (Wildman–Crippen MR) is 247 cm³/mol. The van der Waals surface area contributed by atoms with Gasteiger partial charge in [-0.2, -0.15) is 21.6 Å². The van der Waals surface area contributed by atoms with Gasteiger partial charge in [-0.25, -0.2) is 0 Å².